The van der Waals surface area contributed by atoms with E-state index in [2.05, 4.69) is 10.2 Å². The molecule has 0 aromatic heterocycles. The molecule has 2 fully saturated rings. The molecule has 2 aliphatic heterocycles. The van der Waals surface area contributed by atoms with E-state index in [1.54, 1.807) is 12.1 Å². The third kappa shape index (κ3) is 5.89. The Morgan fingerprint density at radius 2 is 1.66 bits per heavy atom. The zero-order valence-corrected chi connectivity index (χ0v) is 19.9. The minimum atomic E-state index is -0.452. The van der Waals surface area contributed by atoms with Crippen LogP contribution < -0.4 is 15.1 Å². The molecule has 2 saturated heterocycles. The van der Waals surface area contributed by atoms with Gasteiger partial charge in [0.25, 0.3) is 11.6 Å². The highest BCUT2D eigenvalue weighted by Crippen LogP contribution is 2.30. The third-order valence-corrected chi connectivity index (χ3v) is 6.37. The van der Waals surface area contributed by atoms with Crippen molar-refractivity contribution in [3.63, 3.8) is 0 Å². The van der Waals surface area contributed by atoms with Crippen LogP contribution in [0.5, 0.6) is 0 Å². The third-order valence-electron chi connectivity index (χ3n) is 6.37. The lowest BCUT2D eigenvalue weighted by atomic mass is 10.1. The average molecular weight is 482 g/mol. The van der Waals surface area contributed by atoms with Gasteiger partial charge in [-0.3, -0.25) is 19.7 Å². The van der Waals surface area contributed by atoms with Gasteiger partial charge in [-0.05, 0) is 42.8 Å². The van der Waals surface area contributed by atoms with E-state index in [4.69, 9.17) is 4.74 Å². The number of nitro benzene ring substituents is 1. The van der Waals surface area contributed by atoms with Gasteiger partial charge in [-0.25, -0.2) is 0 Å². The molecule has 2 heterocycles. The van der Waals surface area contributed by atoms with Crippen molar-refractivity contribution in [1.29, 1.82) is 0 Å². The number of nitro groups is 1. The highest BCUT2D eigenvalue weighted by Gasteiger charge is 2.24. The molecule has 10 nitrogen and oxygen atoms in total. The van der Waals surface area contributed by atoms with Gasteiger partial charge >= 0.3 is 0 Å². The first kappa shape index (κ1) is 24.5. The standard InChI is InChI=1S/C25H31N5O5/c1-2-3-24(31)29-12-10-27(11-13-29)21-7-5-20(6-8-21)26-25(32)19-4-9-22(23(18-19)30(33)34)28-14-16-35-17-15-28/h4-9,18H,2-3,10-17H2,1H3,(H,26,32). The number of hydrogen-bond acceptors (Lipinski definition) is 7. The minimum Gasteiger partial charge on any atom is -0.378 e. The summed E-state index contributed by atoms with van der Waals surface area (Å²) in [6.45, 7) is 7.12. The highest BCUT2D eigenvalue weighted by molar-refractivity contribution is 6.05. The fourth-order valence-electron chi connectivity index (χ4n) is 4.43. The molecule has 0 aliphatic carbocycles. The molecule has 10 heteroatoms. The Morgan fingerprint density at radius 3 is 2.29 bits per heavy atom. The lowest BCUT2D eigenvalue weighted by Gasteiger charge is -2.36. The summed E-state index contributed by atoms with van der Waals surface area (Å²) in [6.07, 6.45) is 1.45. The molecular formula is C25H31N5O5. The van der Waals surface area contributed by atoms with Crippen molar-refractivity contribution in [2.75, 3.05) is 67.6 Å². The van der Waals surface area contributed by atoms with Gasteiger partial charge in [-0.1, -0.05) is 6.92 Å². The van der Waals surface area contributed by atoms with Gasteiger partial charge in [0.1, 0.15) is 5.69 Å². The summed E-state index contributed by atoms with van der Waals surface area (Å²) < 4.78 is 5.33. The van der Waals surface area contributed by atoms with Crippen LogP contribution in [0.25, 0.3) is 0 Å². The maximum absolute atomic E-state index is 12.8. The van der Waals surface area contributed by atoms with Crippen molar-refractivity contribution in [1.82, 2.24) is 4.90 Å². The number of amides is 2. The molecule has 0 saturated carbocycles. The van der Waals surface area contributed by atoms with E-state index in [1.165, 1.54) is 6.07 Å². The lowest BCUT2D eigenvalue weighted by molar-refractivity contribution is -0.384. The van der Waals surface area contributed by atoms with Gasteiger partial charge in [0.2, 0.25) is 5.91 Å². The minimum absolute atomic E-state index is 0.0912. The number of hydrogen-bond donors (Lipinski definition) is 1. The zero-order valence-electron chi connectivity index (χ0n) is 19.9. The van der Waals surface area contributed by atoms with E-state index in [-0.39, 0.29) is 17.2 Å². The molecule has 2 amide bonds. The Labute approximate surface area is 204 Å². The molecule has 0 spiro atoms. The van der Waals surface area contributed by atoms with Crippen LogP contribution in [0, 0.1) is 10.1 Å². The van der Waals surface area contributed by atoms with E-state index in [1.807, 2.05) is 41.0 Å². The molecule has 2 aromatic carbocycles. The van der Waals surface area contributed by atoms with Gasteiger partial charge in [0, 0.05) is 68.7 Å². The van der Waals surface area contributed by atoms with Crippen molar-refractivity contribution >= 4 is 34.6 Å². The molecule has 186 valence electrons. The van der Waals surface area contributed by atoms with Crippen molar-refractivity contribution in [2.45, 2.75) is 19.8 Å². The molecular weight excluding hydrogens is 450 g/mol. The predicted molar refractivity (Wildman–Crippen MR) is 134 cm³/mol. The summed E-state index contributed by atoms with van der Waals surface area (Å²) in [7, 11) is 0. The topological polar surface area (TPSA) is 108 Å². The van der Waals surface area contributed by atoms with Crippen LogP contribution in [0.2, 0.25) is 0 Å². The molecule has 0 bridgehead atoms. The van der Waals surface area contributed by atoms with Crippen LogP contribution in [0.3, 0.4) is 0 Å². The Hall–Kier alpha value is -3.66. The summed E-state index contributed by atoms with van der Waals surface area (Å²) >= 11 is 0. The second kappa shape index (κ2) is 11.2. The number of ether oxygens (including phenoxy) is 1. The van der Waals surface area contributed by atoms with Crippen molar-refractivity contribution in [3.8, 4) is 0 Å². The Balaban J connectivity index is 1.38. The van der Waals surface area contributed by atoms with Crippen molar-refractivity contribution in [3.05, 3.63) is 58.1 Å². The summed E-state index contributed by atoms with van der Waals surface area (Å²) in [6, 6.07) is 12.1. The summed E-state index contributed by atoms with van der Waals surface area (Å²) in [5.41, 5.74) is 2.26. The fraction of sp³-hybridized carbons (Fsp3) is 0.440. The number of carbonyl (C=O) groups is 2. The Kier molecular flexibility index (Phi) is 7.81. The molecule has 4 rings (SSSR count). The second-order valence-corrected chi connectivity index (χ2v) is 8.68. The quantitative estimate of drug-likeness (QED) is 0.478. The first-order valence-corrected chi connectivity index (χ1v) is 12.0. The molecule has 0 atom stereocenters. The van der Waals surface area contributed by atoms with Crippen LogP contribution in [0.1, 0.15) is 30.1 Å². The SMILES string of the molecule is CCCC(=O)N1CCN(c2ccc(NC(=O)c3ccc(N4CCOCC4)c([N+](=O)[O-])c3)cc2)CC1. The molecule has 2 aliphatic rings. The molecule has 35 heavy (non-hydrogen) atoms. The molecule has 1 N–H and O–H groups in total. The number of morpholine rings is 1. The predicted octanol–water partition coefficient (Wildman–Crippen LogP) is 3.13. The first-order valence-electron chi connectivity index (χ1n) is 12.0. The monoisotopic (exact) mass is 481 g/mol. The number of piperazine rings is 1. The fourth-order valence-corrected chi connectivity index (χ4v) is 4.43. The van der Waals surface area contributed by atoms with Crippen LogP contribution >= 0.6 is 0 Å². The number of nitrogens with one attached hydrogen (secondary N) is 1. The number of nitrogens with zero attached hydrogens (tertiary/aromatic N) is 4. The Morgan fingerprint density at radius 1 is 0.971 bits per heavy atom. The van der Waals surface area contributed by atoms with Gasteiger partial charge < -0.3 is 24.8 Å². The van der Waals surface area contributed by atoms with E-state index in [9.17, 15) is 19.7 Å². The molecule has 0 radical (unpaired) electrons. The zero-order chi connectivity index (χ0) is 24.8. The Bertz CT molecular complexity index is 1060. The second-order valence-electron chi connectivity index (χ2n) is 8.68. The maximum atomic E-state index is 12.8. The van der Waals surface area contributed by atoms with E-state index < -0.39 is 10.8 Å². The van der Waals surface area contributed by atoms with Crippen LogP contribution in [0.4, 0.5) is 22.7 Å². The summed E-state index contributed by atoms with van der Waals surface area (Å²) in [5.74, 6) is -0.194. The van der Waals surface area contributed by atoms with E-state index in [0.29, 0.717) is 57.2 Å². The highest BCUT2D eigenvalue weighted by atomic mass is 16.6. The number of benzene rings is 2. The van der Waals surface area contributed by atoms with Crippen LogP contribution in [-0.4, -0.2) is 74.1 Å². The largest absolute Gasteiger partial charge is 0.378 e. The first-order chi connectivity index (χ1) is 17.0. The van der Waals surface area contributed by atoms with Gasteiger partial charge in [0.15, 0.2) is 0 Å². The number of anilines is 3. The normalized spacial score (nSPS) is 16.2. The van der Waals surface area contributed by atoms with Gasteiger partial charge in [-0.15, -0.1) is 0 Å². The van der Waals surface area contributed by atoms with Crippen LogP contribution in [0.15, 0.2) is 42.5 Å². The van der Waals surface area contributed by atoms with Crippen molar-refractivity contribution in [2.24, 2.45) is 0 Å². The molecule has 2 aromatic rings. The maximum Gasteiger partial charge on any atom is 0.293 e. The number of carbonyl (C=O) groups excluding carboxylic acids is 2. The average Bonchev–Trinajstić information content (AvgIpc) is 2.89. The summed E-state index contributed by atoms with van der Waals surface area (Å²) in [4.78, 5) is 42.1. The van der Waals surface area contributed by atoms with Gasteiger partial charge in [-0.2, -0.15) is 0 Å². The lowest BCUT2D eigenvalue weighted by Crippen LogP contribution is -2.48. The van der Waals surface area contributed by atoms with E-state index >= 15 is 0 Å². The number of rotatable bonds is 7. The van der Waals surface area contributed by atoms with Crippen molar-refractivity contribution < 1.29 is 19.2 Å². The molecule has 0 unspecified atom stereocenters. The van der Waals surface area contributed by atoms with Gasteiger partial charge in [0.05, 0.1) is 18.1 Å². The summed E-state index contributed by atoms with van der Waals surface area (Å²) in [5, 5.41) is 14.5. The van der Waals surface area contributed by atoms with Crippen LogP contribution in [-0.2, 0) is 9.53 Å². The van der Waals surface area contributed by atoms with E-state index in [0.717, 1.165) is 25.2 Å². The smallest absolute Gasteiger partial charge is 0.293 e.